The summed E-state index contributed by atoms with van der Waals surface area (Å²) in [7, 11) is 1.77. The van der Waals surface area contributed by atoms with Gasteiger partial charge >= 0.3 is 0 Å². The molecule has 2 aromatic rings. The van der Waals surface area contributed by atoms with Crippen LogP contribution in [0.2, 0.25) is 0 Å². The number of pyridine rings is 1. The highest BCUT2D eigenvalue weighted by atomic mass is 32.2. The zero-order valence-corrected chi connectivity index (χ0v) is 12.3. The molecule has 1 aromatic carbocycles. The zero-order valence-electron chi connectivity index (χ0n) is 10.7. The van der Waals surface area contributed by atoms with Gasteiger partial charge in [0.15, 0.2) is 10.2 Å². The molecule has 2 N–H and O–H groups in total. The Hall–Kier alpha value is -1.66. The minimum atomic E-state index is 0.352. The van der Waals surface area contributed by atoms with Crippen molar-refractivity contribution in [3.63, 3.8) is 0 Å². The number of hydrogen-bond acceptors (Lipinski definition) is 4. The number of fused-ring (bicyclic) bond motifs is 1. The Morgan fingerprint density at radius 2 is 2.05 bits per heavy atom. The average Bonchev–Trinajstić information content (AvgIpc) is 2.45. The summed E-state index contributed by atoms with van der Waals surface area (Å²) in [4.78, 5) is 4.48. The first-order valence-electron chi connectivity index (χ1n) is 5.63. The van der Waals surface area contributed by atoms with Crippen LogP contribution >= 0.6 is 24.0 Å². The number of nitrogens with zero attached hydrogens (tertiary/aromatic N) is 3. The molecule has 0 fully saturated rings. The first-order valence-corrected chi connectivity index (χ1v) is 7.27. The molecule has 6 heteroatoms. The van der Waals surface area contributed by atoms with Gasteiger partial charge in [0.05, 0.1) is 5.52 Å². The molecule has 0 amide bonds. The van der Waals surface area contributed by atoms with Gasteiger partial charge in [0.25, 0.3) is 0 Å². The Balaban J connectivity index is 2.33. The van der Waals surface area contributed by atoms with Crippen molar-refractivity contribution in [2.45, 2.75) is 0 Å². The van der Waals surface area contributed by atoms with Gasteiger partial charge in [0.2, 0.25) is 0 Å². The maximum absolute atomic E-state index is 5.96. The molecule has 0 bridgehead atoms. The number of thioether (sulfide) groups is 1. The third-order valence-electron chi connectivity index (χ3n) is 2.56. The number of benzene rings is 1. The lowest BCUT2D eigenvalue weighted by molar-refractivity contribution is 0.564. The van der Waals surface area contributed by atoms with Crippen molar-refractivity contribution in [3.8, 4) is 0 Å². The molecule has 19 heavy (non-hydrogen) atoms. The third kappa shape index (κ3) is 3.21. The van der Waals surface area contributed by atoms with E-state index in [9.17, 15) is 0 Å². The number of rotatable bonds is 2. The monoisotopic (exact) mass is 290 g/mol. The van der Waals surface area contributed by atoms with E-state index in [2.05, 4.69) is 10.1 Å². The number of nitrogens with two attached hydrogens (primary N) is 1. The Bertz CT molecular complexity index is 639. The van der Waals surface area contributed by atoms with Gasteiger partial charge in [-0.25, -0.2) is 9.99 Å². The second-order valence-corrected chi connectivity index (χ2v) is 5.31. The maximum Gasteiger partial charge on any atom is 0.169 e. The molecule has 2 rings (SSSR count). The minimum Gasteiger partial charge on any atom is -0.380 e. The van der Waals surface area contributed by atoms with Crippen LogP contribution in [0.1, 0.15) is 5.69 Å². The van der Waals surface area contributed by atoms with E-state index in [0.717, 1.165) is 10.9 Å². The Morgan fingerprint density at radius 1 is 1.32 bits per heavy atom. The SMILES string of the molecule is CSC(=S)N(C)/N=C(\N)c1ccc2ccccc2n1. The molecular formula is C13H14N4S2. The molecule has 0 unspecified atom stereocenters. The smallest absolute Gasteiger partial charge is 0.169 e. The van der Waals surface area contributed by atoms with E-state index in [-0.39, 0.29) is 0 Å². The van der Waals surface area contributed by atoms with Crippen molar-refractivity contribution >= 4 is 45.0 Å². The predicted octanol–water partition coefficient (Wildman–Crippen LogP) is 2.43. The Morgan fingerprint density at radius 3 is 2.79 bits per heavy atom. The van der Waals surface area contributed by atoms with E-state index >= 15 is 0 Å². The van der Waals surface area contributed by atoms with Crippen molar-refractivity contribution < 1.29 is 0 Å². The number of hydrazone groups is 1. The molecular weight excluding hydrogens is 276 g/mol. The average molecular weight is 290 g/mol. The molecule has 0 atom stereocenters. The lowest BCUT2D eigenvalue weighted by atomic mass is 10.2. The van der Waals surface area contributed by atoms with Crippen LogP contribution < -0.4 is 5.73 Å². The molecule has 4 nitrogen and oxygen atoms in total. The molecule has 0 saturated heterocycles. The Kier molecular flexibility index (Phi) is 4.34. The predicted molar refractivity (Wildman–Crippen MR) is 86.3 cm³/mol. The van der Waals surface area contributed by atoms with Gasteiger partial charge in [-0.1, -0.05) is 48.2 Å². The number of thiocarbonyl (C=S) groups is 1. The lowest BCUT2D eigenvalue weighted by Gasteiger charge is -2.12. The molecule has 1 aromatic heterocycles. The summed E-state index contributed by atoms with van der Waals surface area (Å²) in [6.07, 6.45) is 1.90. The van der Waals surface area contributed by atoms with E-state index < -0.39 is 0 Å². The van der Waals surface area contributed by atoms with E-state index in [1.54, 1.807) is 12.1 Å². The number of hydrogen-bond donors (Lipinski definition) is 1. The van der Waals surface area contributed by atoms with E-state index in [1.165, 1.54) is 11.8 Å². The van der Waals surface area contributed by atoms with Crippen LogP contribution in [-0.2, 0) is 0 Å². The molecule has 0 saturated carbocycles. The number of aromatic nitrogens is 1. The van der Waals surface area contributed by atoms with Gasteiger partial charge in [0, 0.05) is 12.4 Å². The summed E-state index contributed by atoms with van der Waals surface area (Å²) >= 11 is 6.58. The van der Waals surface area contributed by atoms with Gasteiger partial charge in [-0.05, 0) is 18.4 Å². The van der Waals surface area contributed by atoms with Gasteiger partial charge < -0.3 is 5.73 Å². The van der Waals surface area contributed by atoms with Crippen molar-refractivity contribution in [2.75, 3.05) is 13.3 Å². The highest BCUT2D eigenvalue weighted by Crippen LogP contribution is 2.12. The van der Waals surface area contributed by atoms with Crippen molar-refractivity contribution in [1.82, 2.24) is 9.99 Å². The molecule has 98 valence electrons. The second kappa shape index (κ2) is 5.99. The number of para-hydroxylation sites is 1. The highest BCUT2D eigenvalue weighted by Gasteiger charge is 2.06. The largest absolute Gasteiger partial charge is 0.380 e. The first-order chi connectivity index (χ1) is 9.11. The Labute approximate surface area is 121 Å². The lowest BCUT2D eigenvalue weighted by Crippen LogP contribution is -2.24. The van der Waals surface area contributed by atoms with Crippen LogP contribution in [0.25, 0.3) is 10.9 Å². The van der Waals surface area contributed by atoms with Crippen LogP contribution in [0.5, 0.6) is 0 Å². The molecule has 0 aliphatic carbocycles. The fourth-order valence-corrected chi connectivity index (χ4v) is 1.94. The summed E-state index contributed by atoms with van der Waals surface area (Å²) in [6.45, 7) is 0. The van der Waals surface area contributed by atoms with Crippen LogP contribution in [-0.4, -0.2) is 33.5 Å². The van der Waals surface area contributed by atoms with Crippen LogP contribution in [0, 0.1) is 0 Å². The van der Waals surface area contributed by atoms with E-state index in [0.29, 0.717) is 15.9 Å². The van der Waals surface area contributed by atoms with Gasteiger partial charge in [-0.3, -0.25) is 0 Å². The van der Waals surface area contributed by atoms with Gasteiger partial charge in [-0.2, -0.15) is 5.10 Å². The molecule has 0 spiro atoms. The fourth-order valence-electron chi connectivity index (χ4n) is 1.59. The summed E-state index contributed by atoms with van der Waals surface area (Å²) in [5.74, 6) is 0.352. The van der Waals surface area contributed by atoms with Crippen LogP contribution in [0.15, 0.2) is 41.5 Å². The fraction of sp³-hybridized carbons (Fsp3) is 0.154. The standard InChI is InChI=1S/C13H14N4S2/c1-17(13(18)19-2)16-12(14)11-8-7-9-5-3-4-6-10(9)15-11/h3-8H,1-2H3,(H2,14,16). The molecule has 1 heterocycles. The second-order valence-electron chi connectivity index (χ2n) is 3.87. The molecule has 0 aliphatic rings. The summed E-state index contributed by atoms with van der Waals surface area (Å²) in [5, 5.41) is 6.88. The normalized spacial score (nSPS) is 11.6. The summed E-state index contributed by atoms with van der Waals surface area (Å²) in [5.41, 5.74) is 7.50. The minimum absolute atomic E-state index is 0.352. The number of amidine groups is 1. The highest BCUT2D eigenvalue weighted by molar-refractivity contribution is 8.22. The van der Waals surface area contributed by atoms with Crippen molar-refractivity contribution in [3.05, 3.63) is 42.1 Å². The first kappa shape index (κ1) is 13.8. The molecule has 0 radical (unpaired) electrons. The van der Waals surface area contributed by atoms with Crippen molar-refractivity contribution in [1.29, 1.82) is 0 Å². The van der Waals surface area contributed by atoms with Gasteiger partial charge in [-0.15, -0.1) is 0 Å². The van der Waals surface area contributed by atoms with Crippen LogP contribution in [0.4, 0.5) is 0 Å². The quantitative estimate of drug-likeness (QED) is 0.398. The molecule has 0 aliphatic heterocycles. The maximum atomic E-state index is 5.96. The van der Waals surface area contributed by atoms with Crippen LogP contribution in [0.3, 0.4) is 0 Å². The third-order valence-corrected chi connectivity index (χ3v) is 3.94. The summed E-state index contributed by atoms with van der Waals surface area (Å²) < 4.78 is 0.656. The summed E-state index contributed by atoms with van der Waals surface area (Å²) in [6, 6.07) is 11.7. The zero-order chi connectivity index (χ0) is 13.8. The van der Waals surface area contributed by atoms with E-state index in [4.69, 9.17) is 18.0 Å². The van der Waals surface area contributed by atoms with Gasteiger partial charge in [0.1, 0.15) is 5.69 Å². The van der Waals surface area contributed by atoms with Crippen molar-refractivity contribution in [2.24, 2.45) is 10.8 Å². The van der Waals surface area contributed by atoms with E-state index in [1.807, 2.05) is 42.7 Å². The topological polar surface area (TPSA) is 54.5 Å².